The molecule has 0 atom stereocenters. The van der Waals surface area contributed by atoms with Crippen LogP contribution in [0.25, 0.3) is 0 Å². The number of carboxylic acids is 1. The molecule has 0 aromatic heterocycles. The van der Waals surface area contributed by atoms with Crippen molar-refractivity contribution in [1.82, 2.24) is 5.32 Å². The van der Waals surface area contributed by atoms with Crippen LogP contribution in [0.5, 0.6) is 5.75 Å². The van der Waals surface area contributed by atoms with Gasteiger partial charge in [-0.25, -0.2) is 4.79 Å². The minimum Gasteiger partial charge on any atom is -0.497 e. The Hall–Kier alpha value is -2.04. The summed E-state index contributed by atoms with van der Waals surface area (Å²) in [6, 6.07) is 7.12. The van der Waals surface area contributed by atoms with Gasteiger partial charge in [-0.15, -0.1) is 0 Å². The molecule has 2 N–H and O–H groups in total. The first-order chi connectivity index (χ1) is 8.55. The molecule has 1 aliphatic carbocycles. The summed E-state index contributed by atoms with van der Waals surface area (Å²) in [4.78, 5) is 22.6. The number of methoxy groups -OCH3 is 1. The highest BCUT2D eigenvalue weighted by Crippen LogP contribution is 2.35. The second-order valence-electron chi connectivity index (χ2n) is 4.46. The Morgan fingerprint density at radius 2 is 1.94 bits per heavy atom. The zero-order valence-electron chi connectivity index (χ0n) is 10.1. The first-order valence-corrected chi connectivity index (χ1v) is 5.73. The number of benzene rings is 1. The maximum atomic E-state index is 11.7. The Morgan fingerprint density at radius 1 is 1.33 bits per heavy atom. The van der Waals surface area contributed by atoms with Crippen molar-refractivity contribution in [3.63, 3.8) is 0 Å². The van der Waals surface area contributed by atoms with E-state index in [0.29, 0.717) is 12.8 Å². The molecule has 96 valence electrons. The van der Waals surface area contributed by atoms with Gasteiger partial charge in [0, 0.05) is 0 Å². The Bertz CT molecular complexity index is 462. The fraction of sp³-hybridized carbons (Fsp3) is 0.385. The standard InChI is InChI=1S/C13H15NO4/c1-18-10-4-2-9(3-5-10)8-11(15)14-13(6-7-13)12(16)17/h2-5H,6-8H2,1H3,(H,14,15)(H,16,17). The molecular weight excluding hydrogens is 234 g/mol. The number of nitrogens with one attached hydrogen (secondary N) is 1. The van der Waals surface area contributed by atoms with E-state index in [0.717, 1.165) is 11.3 Å². The molecule has 0 saturated heterocycles. The molecule has 1 aromatic rings. The second-order valence-corrected chi connectivity index (χ2v) is 4.46. The predicted molar refractivity (Wildman–Crippen MR) is 64.4 cm³/mol. The van der Waals surface area contributed by atoms with E-state index >= 15 is 0 Å². The van der Waals surface area contributed by atoms with Crippen LogP contribution in [0.3, 0.4) is 0 Å². The van der Waals surface area contributed by atoms with Crippen molar-refractivity contribution in [2.24, 2.45) is 0 Å². The lowest BCUT2D eigenvalue weighted by Crippen LogP contribution is -2.43. The molecule has 0 bridgehead atoms. The van der Waals surface area contributed by atoms with Gasteiger partial charge in [0.1, 0.15) is 11.3 Å². The highest BCUT2D eigenvalue weighted by Gasteiger charge is 2.51. The second kappa shape index (κ2) is 4.68. The van der Waals surface area contributed by atoms with Crippen LogP contribution in [-0.2, 0) is 16.0 Å². The lowest BCUT2D eigenvalue weighted by Gasteiger charge is -2.12. The zero-order chi connectivity index (χ0) is 13.2. The van der Waals surface area contributed by atoms with Crippen LogP contribution in [0.4, 0.5) is 0 Å². The topological polar surface area (TPSA) is 75.6 Å². The number of carboxylic acid groups (broad SMARTS) is 1. The van der Waals surface area contributed by atoms with Crippen molar-refractivity contribution in [3.05, 3.63) is 29.8 Å². The normalized spacial score (nSPS) is 15.8. The molecule has 0 aliphatic heterocycles. The quantitative estimate of drug-likeness (QED) is 0.815. The minimum atomic E-state index is -1.01. The van der Waals surface area contributed by atoms with Crippen molar-refractivity contribution in [1.29, 1.82) is 0 Å². The first kappa shape index (κ1) is 12.4. The highest BCUT2D eigenvalue weighted by molar-refractivity contribution is 5.90. The van der Waals surface area contributed by atoms with Crippen LogP contribution in [0.2, 0.25) is 0 Å². The van der Waals surface area contributed by atoms with E-state index in [-0.39, 0.29) is 12.3 Å². The largest absolute Gasteiger partial charge is 0.497 e. The van der Waals surface area contributed by atoms with Crippen LogP contribution in [-0.4, -0.2) is 29.6 Å². The molecule has 0 radical (unpaired) electrons. The number of amides is 1. The summed E-state index contributed by atoms with van der Waals surface area (Å²) in [5.74, 6) is -0.492. The molecule has 1 fully saturated rings. The van der Waals surface area contributed by atoms with Gasteiger partial charge in [0.15, 0.2) is 0 Å². The molecule has 1 amide bonds. The van der Waals surface area contributed by atoms with Crippen LogP contribution in [0, 0.1) is 0 Å². The molecule has 5 nitrogen and oxygen atoms in total. The molecule has 0 heterocycles. The van der Waals surface area contributed by atoms with Crippen molar-refractivity contribution < 1.29 is 19.4 Å². The fourth-order valence-corrected chi connectivity index (χ4v) is 1.76. The van der Waals surface area contributed by atoms with Crippen molar-refractivity contribution >= 4 is 11.9 Å². The minimum absolute atomic E-state index is 0.180. The van der Waals surface area contributed by atoms with Crippen LogP contribution in [0.1, 0.15) is 18.4 Å². The van der Waals surface area contributed by atoms with Gasteiger partial charge < -0.3 is 15.2 Å². The highest BCUT2D eigenvalue weighted by atomic mass is 16.5. The number of carbonyl (C=O) groups is 2. The lowest BCUT2D eigenvalue weighted by atomic mass is 10.1. The predicted octanol–water partition coefficient (Wildman–Crippen LogP) is 0.971. The number of hydrogen-bond donors (Lipinski definition) is 2. The Labute approximate surface area is 105 Å². The lowest BCUT2D eigenvalue weighted by molar-refractivity contribution is -0.143. The van der Waals surface area contributed by atoms with Gasteiger partial charge >= 0.3 is 5.97 Å². The summed E-state index contributed by atoms with van der Waals surface area (Å²) in [7, 11) is 1.57. The monoisotopic (exact) mass is 249 g/mol. The maximum absolute atomic E-state index is 11.7. The van der Waals surface area contributed by atoms with E-state index < -0.39 is 11.5 Å². The van der Waals surface area contributed by atoms with Crippen molar-refractivity contribution in [3.8, 4) is 5.75 Å². The molecule has 0 unspecified atom stereocenters. The SMILES string of the molecule is COc1ccc(CC(=O)NC2(C(=O)O)CC2)cc1. The fourth-order valence-electron chi connectivity index (χ4n) is 1.76. The molecule has 0 spiro atoms. The number of rotatable bonds is 5. The number of carbonyl (C=O) groups excluding carboxylic acids is 1. The Balaban J connectivity index is 1.93. The van der Waals surface area contributed by atoms with E-state index in [1.54, 1.807) is 31.4 Å². The Morgan fingerprint density at radius 3 is 2.39 bits per heavy atom. The third-order valence-electron chi connectivity index (χ3n) is 3.06. The summed E-state index contributed by atoms with van der Waals surface area (Å²) in [6.45, 7) is 0. The van der Waals surface area contributed by atoms with Crippen molar-refractivity contribution in [2.75, 3.05) is 7.11 Å². The average Bonchev–Trinajstić information content (AvgIpc) is 3.11. The molecule has 5 heteroatoms. The maximum Gasteiger partial charge on any atom is 0.329 e. The van der Waals surface area contributed by atoms with Gasteiger partial charge in [-0.2, -0.15) is 0 Å². The van der Waals surface area contributed by atoms with Gasteiger partial charge in [-0.05, 0) is 30.5 Å². The van der Waals surface area contributed by atoms with Gasteiger partial charge in [-0.1, -0.05) is 12.1 Å². The summed E-state index contributed by atoms with van der Waals surface area (Å²) < 4.78 is 5.02. The number of ether oxygens (including phenoxy) is 1. The van der Waals surface area contributed by atoms with Gasteiger partial charge in [0.05, 0.1) is 13.5 Å². The molecule has 1 aliphatic rings. The number of aliphatic carboxylic acids is 1. The summed E-state index contributed by atoms with van der Waals surface area (Å²) in [5, 5.41) is 11.5. The van der Waals surface area contributed by atoms with Crippen LogP contribution in [0.15, 0.2) is 24.3 Å². The zero-order valence-corrected chi connectivity index (χ0v) is 10.1. The van der Waals surface area contributed by atoms with E-state index in [1.807, 2.05) is 0 Å². The van der Waals surface area contributed by atoms with Gasteiger partial charge in [0.2, 0.25) is 5.91 Å². The molecule has 1 saturated carbocycles. The van der Waals surface area contributed by atoms with Crippen LogP contribution >= 0.6 is 0 Å². The third-order valence-corrected chi connectivity index (χ3v) is 3.06. The molecule has 1 aromatic carbocycles. The third kappa shape index (κ3) is 2.61. The number of hydrogen-bond acceptors (Lipinski definition) is 3. The summed E-state index contributed by atoms with van der Waals surface area (Å²) >= 11 is 0. The van der Waals surface area contributed by atoms with E-state index in [1.165, 1.54) is 0 Å². The van der Waals surface area contributed by atoms with E-state index in [4.69, 9.17) is 9.84 Å². The van der Waals surface area contributed by atoms with E-state index in [9.17, 15) is 9.59 Å². The summed E-state index contributed by atoms with van der Waals surface area (Å²) in [5.41, 5.74) is -0.182. The average molecular weight is 249 g/mol. The smallest absolute Gasteiger partial charge is 0.329 e. The Kier molecular flexibility index (Phi) is 3.23. The van der Waals surface area contributed by atoms with E-state index in [2.05, 4.69) is 5.32 Å². The van der Waals surface area contributed by atoms with Crippen LogP contribution < -0.4 is 10.1 Å². The molecule has 2 rings (SSSR count). The van der Waals surface area contributed by atoms with Gasteiger partial charge in [0.25, 0.3) is 0 Å². The molecular formula is C13H15NO4. The van der Waals surface area contributed by atoms with Gasteiger partial charge in [-0.3, -0.25) is 4.79 Å². The van der Waals surface area contributed by atoms with Crippen molar-refractivity contribution in [2.45, 2.75) is 24.8 Å². The summed E-state index contributed by atoms with van der Waals surface area (Å²) in [6.07, 6.45) is 1.20. The first-order valence-electron chi connectivity index (χ1n) is 5.73. The molecule has 18 heavy (non-hydrogen) atoms.